The highest BCUT2D eigenvalue weighted by Crippen LogP contribution is 2.33. The Kier molecular flexibility index (Phi) is 3.80. The van der Waals surface area contributed by atoms with Crippen LogP contribution in [0.3, 0.4) is 0 Å². The largest absolute Gasteiger partial charge is 0.311 e. The minimum absolute atomic E-state index is 0.865. The number of benzene rings is 3. The molecular weight excluding hydrogens is 266 g/mol. The second-order valence-electron chi connectivity index (χ2n) is 5.35. The third-order valence-corrected chi connectivity index (χ3v) is 3.87. The van der Waals surface area contributed by atoms with Gasteiger partial charge in [0.25, 0.3) is 0 Å². The summed E-state index contributed by atoms with van der Waals surface area (Å²) < 4.78 is 0. The van der Waals surface area contributed by atoms with Crippen LogP contribution in [0.2, 0.25) is 0 Å². The average molecular weight is 285 g/mol. The molecule has 1 nitrogen and oxygen atoms in total. The molecule has 0 heterocycles. The van der Waals surface area contributed by atoms with Crippen LogP contribution in [0.1, 0.15) is 5.56 Å². The molecule has 0 aliphatic rings. The summed E-state index contributed by atoms with van der Waals surface area (Å²) in [4.78, 5) is 2.15. The van der Waals surface area contributed by atoms with Gasteiger partial charge in [0.2, 0.25) is 0 Å². The third-order valence-electron chi connectivity index (χ3n) is 3.87. The summed E-state index contributed by atoms with van der Waals surface area (Å²) in [5.41, 5.74) is 4.30. The Morgan fingerprint density at radius 1 is 0.909 bits per heavy atom. The lowest BCUT2D eigenvalue weighted by molar-refractivity contribution is 1.20. The van der Waals surface area contributed by atoms with Gasteiger partial charge in [-0.2, -0.15) is 0 Å². The van der Waals surface area contributed by atoms with Gasteiger partial charge in [0, 0.05) is 17.1 Å². The van der Waals surface area contributed by atoms with Gasteiger partial charge >= 0.3 is 0 Å². The Morgan fingerprint density at radius 2 is 1.59 bits per heavy atom. The quantitative estimate of drug-likeness (QED) is 0.532. The maximum Gasteiger partial charge on any atom is 0.0490 e. The molecule has 0 bridgehead atoms. The van der Waals surface area contributed by atoms with Crippen molar-refractivity contribution in [2.45, 2.75) is 6.92 Å². The fourth-order valence-electron chi connectivity index (χ4n) is 2.68. The van der Waals surface area contributed by atoms with Gasteiger partial charge in [-0.25, -0.2) is 0 Å². The highest BCUT2D eigenvalue weighted by atomic mass is 15.1. The monoisotopic (exact) mass is 285 g/mol. The van der Waals surface area contributed by atoms with Crippen LogP contribution in [-0.2, 0) is 0 Å². The third kappa shape index (κ3) is 2.53. The zero-order valence-corrected chi connectivity index (χ0v) is 12.8. The summed E-state index contributed by atoms with van der Waals surface area (Å²) >= 11 is 0. The van der Waals surface area contributed by atoms with Crippen molar-refractivity contribution in [1.82, 2.24) is 0 Å². The van der Waals surface area contributed by atoms with Gasteiger partial charge in [-0.15, -0.1) is 0 Å². The van der Waals surface area contributed by atoms with Gasteiger partial charge in [-0.3, -0.25) is 0 Å². The molecule has 0 radical (unpaired) electrons. The van der Waals surface area contributed by atoms with E-state index in [-0.39, 0.29) is 0 Å². The molecule has 0 saturated heterocycles. The molecule has 0 unspecified atom stereocenters. The molecule has 3 aromatic carbocycles. The Bertz CT molecular complexity index is 845. The van der Waals surface area contributed by atoms with E-state index >= 15 is 0 Å². The fraction of sp³-hybridized carbons (Fsp3) is 0.0476. The first kappa shape index (κ1) is 14.2. The lowest BCUT2D eigenvalue weighted by Gasteiger charge is -2.27. The van der Waals surface area contributed by atoms with E-state index in [0.29, 0.717) is 0 Å². The minimum atomic E-state index is 0.865. The number of nitrogens with zero attached hydrogens (tertiary/aromatic N) is 1. The van der Waals surface area contributed by atoms with Crippen molar-refractivity contribution in [1.29, 1.82) is 0 Å². The summed E-state index contributed by atoms with van der Waals surface area (Å²) in [5.74, 6) is 0. The number of para-hydroxylation sites is 1. The maximum atomic E-state index is 4.16. The maximum absolute atomic E-state index is 4.16. The molecule has 22 heavy (non-hydrogen) atoms. The van der Waals surface area contributed by atoms with Crippen molar-refractivity contribution < 1.29 is 0 Å². The number of anilines is 2. The van der Waals surface area contributed by atoms with E-state index in [2.05, 4.69) is 79.6 Å². The van der Waals surface area contributed by atoms with Gasteiger partial charge in [-0.05, 0) is 47.5 Å². The molecule has 0 spiro atoms. The van der Waals surface area contributed by atoms with Crippen LogP contribution in [0, 0.1) is 6.92 Å². The van der Waals surface area contributed by atoms with Crippen LogP contribution in [-0.4, -0.2) is 0 Å². The predicted octanol–water partition coefficient (Wildman–Crippen LogP) is 5.99. The lowest BCUT2D eigenvalue weighted by atomic mass is 10.1. The number of allylic oxidation sites excluding steroid dienone is 1. The predicted molar refractivity (Wildman–Crippen MR) is 96.6 cm³/mol. The summed E-state index contributed by atoms with van der Waals surface area (Å²) in [7, 11) is 0. The molecule has 0 fully saturated rings. The molecule has 0 saturated carbocycles. The first-order valence-corrected chi connectivity index (χ1v) is 7.36. The number of hydrogen-bond donors (Lipinski definition) is 0. The zero-order valence-electron chi connectivity index (χ0n) is 12.8. The first-order chi connectivity index (χ1) is 10.7. The lowest BCUT2D eigenvalue weighted by Crippen LogP contribution is -2.15. The number of fused-ring (bicyclic) bond motifs is 1. The van der Waals surface area contributed by atoms with E-state index in [0.717, 1.165) is 17.1 Å². The van der Waals surface area contributed by atoms with Crippen molar-refractivity contribution in [2.24, 2.45) is 0 Å². The topological polar surface area (TPSA) is 3.24 Å². The number of rotatable bonds is 4. The summed E-state index contributed by atoms with van der Waals surface area (Å²) in [6.45, 7) is 10.1. The molecule has 108 valence electrons. The number of aryl methyl sites for hydroxylation is 1. The van der Waals surface area contributed by atoms with E-state index in [4.69, 9.17) is 0 Å². The van der Waals surface area contributed by atoms with Gasteiger partial charge in [-0.1, -0.05) is 61.7 Å². The minimum Gasteiger partial charge on any atom is -0.311 e. The molecule has 0 aliphatic carbocycles. The molecule has 0 amide bonds. The second kappa shape index (κ2) is 5.90. The van der Waals surface area contributed by atoms with E-state index in [9.17, 15) is 0 Å². The normalized spacial score (nSPS) is 10.4. The summed E-state index contributed by atoms with van der Waals surface area (Å²) in [5, 5.41) is 2.45. The smallest absolute Gasteiger partial charge is 0.0490 e. The van der Waals surface area contributed by atoms with Crippen molar-refractivity contribution in [3.63, 3.8) is 0 Å². The molecule has 3 aromatic rings. The molecule has 1 heteroatoms. The molecule has 0 aliphatic heterocycles. The van der Waals surface area contributed by atoms with Crippen LogP contribution < -0.4 is 4.90 Å². The Morgan fingerprint density at radius 3 is 2.32 bits per heavy atom. The highest BCUT2D eigenvalue weighted by Gasteiger charge is 2.13. The van der Waals surface area contributed by atoms with E-state index in [1.807, 2.05) is 12.1 Å². The summed E-state index contributed by atoms with van der Waals surface area (Å²) in [6.07, 6.45) is 1.79. The van der Waals surface area contributed by atoms with Crippen molar-refractivity contribution in [2.75, 3.05) is 4.90 Å². The van der Waals surface area contributed by atoms with E-state index in [1.54, 1.807) is 6.08 Å². The molecule has 3 rings (SSSR count). The Balaban J connectivity index is 2.18. The van der Waals surface area contributed by atoms with Gasteiger partial charge in [0.1, 0.15) is 0 Å². The standard InChI is InChI=1S/C21H19N/c1-4-17(3)22(21-12-8-5-9-16(21)2)20-14-13-18-10-6-7-11-19(18)15-20/h4-15H,1,3H2,2H3. The van der Waals surface area contributed by atoms with Crippen LogP contribution in [0.5, 0.6) is 0 Å². The van der Waals surface area contributed by atoms with Gasteiger partial charge in [0.15, 0.2) is 0 Å². The van der Waals surface area contributed by atoms with Gasteiger partial charge < -0.3 is 4.90 Å². The van der Waals surface area contributed by atoms with E-state index in [1.165, 1.54) is 16.3 Å². The van der Waals surface area contributed by atoms with Crippen molar-refractivity contribution in [3.05, 3.63) is 97.2 Å². The van der Waals surface area contributed by atoms with Gasteiger partial charge in [0.05, 0.1) is 0 Å². The SMILES string of the molecule is C=CC(=C)N(c1ccc2ccccc2c1)c1ccccc1C. The van der Waals surface area contributed by atoms with E-state index < -0.39 is 0 Å². The zero-order chi connectivity index (χ0) is 15.5. The first-order valence-electron chi connectivity index (χ1n) is 7.36. The summed E-state index contributed by atoms with van der Waals surface area (Å²) in [6, 6.07) is 23.2. The van der Waals surface area contributed by atoms with Crippen LogP contribution in [0.15, 0.2) is 91.7 Å². The highest BCUT2D eigenvalue weighted by molar-refractivity contribution is 5.88. The van der Waals surface area contributed by atoms with Crippen LogP contribution in [0.4, 0.5) is 11.4 Å². The van der Waals surface area contributed by atoms with Crippen molar-refractivity contribution >= 4 is 22.1 Å². The Labute approximate surface area is 131 Å². The fourth-order valence-corrected chi connectivity index (χ4v) is 2.68. The molecule has 0 atom stereocenters. The second-order valence-corrected chi connectivity index (χ2v) is 5.35. The Hall–Kier alpha value is -2.80. The molecule has 0 N–H and O–H groups in total. The van der Waals surface area contributed by atoms with Crippen LogP contribution in [0.25, 0.3) is 10.8 Å². The molecular formula is C21H19N. The van der Waals surface area contributed by atoms with Crippen LogP contribution >= 0.6 is 0 Å². The van der Waals surface area contributed by atoms with Crippen molar-refractivity contribution in [3.8, 4) is 0 Å². The number of hydrogen-bond acceptors (Lipinski definition) is 1. The molecule has 0 aromatic heterocycles. The average Bonchev–Trinajstić information content (AvgIpc) is 2.56.